The fraction of sp³-hybridized carbons (Fsp3) is 0.600. The standard InChI is InChI=1S/C20H30N4O2/c1-23-17-10-6-7-11-18(17)24(20(23)26)15-12-19(25)22-14-13-21-16-8-4-2-3-5-9-16/h6-7,10-11,16,21H,2-5,8-9,12-15H2,1H3,(H,22,25). The van der Waals surface area contributed by atoms with Gasteiger partial charge in [0.15, 0.2) is 0 Å². The quantitative estimate of drug-likeness (QED) is 0.589. The van der Waals surface area contributed by atoms with Crippen LogP contribution in [0, 0.1) is 0 Å². The van der Waals surface area contributed by atoms with Gasteiger partial charge in [0.2, 0.25) is 5.91 Å². The number of para-hydroxylation sites is 2. The number of rotatable bonds is 7. The topological polar surface area (TPSA) is 68.1 Å². The first-order valence-corrected chi connectivity index (χ1v) is 9.81. The van der Waals surface area contributed by atoms with Gasteiger partial charge in [-0.1, -0.05) is 37.8 Å². The number of aromatic nitrogens is 2. The molecule has 1 aromatic carbocycles. The van der Waals surface area contributed by atoms with Gasteiger partial charge in [0.05, 0.1) is 11.0 Å². The number of carbonyl (C=O) groups excluding carboxylic acids is 1. The predicted molar refractivity (Wildman–Crippen MR) is 104 cm³/mol. The van der Waals surface area contributed by atoms with E-state index in [1.54, 1.807) is 16.2 Å². The van der Waals surface area contributed by atoms with Crippen molar-refractivity contribution < 1.29 is 4.79 Å². The zero-order valence-corrected chi connectivity index (χ0v) is 15.7. The number of imidazole rings is 1. The Balaban J connectivity index is 1.43. The van der Waals surface area contributed by atoms with Crippen LogP contribution in [-0.2, 0) is 18.4 Å². The molecule has 0 unspecified atom stereocenters. The van der Waals surface area contributed by atoms with Gasteiger partial charge in [0.25, 0.3) is 0 Å². The van der Waals surface area contributed by atoms with E-state index in [-0.39, 0.29) is 11.6 Å². The van der Waals surface area contributed by atoms with Gasteiger partial charge in [-0.3, -0.25) is 13.9 Å². The minimum atomic E-state index is -0.0750. The molecule has 26 heavy (non-hydrogen) atoms. The maximum Gasteiger partial charge on any atom is 0.328 e. The van der Waals surface area contributed by atoms with Gasteiger partial charge >= 0.3 is 5.69 Å². The van der Waals surface area contributed by atoms with E-state index in [4.69, 9.17) is 0 Å². The number of nitrogens with one attached hydrogen (secondary N) is 2. The molecule has 0 saturated heterocycles. The first kappa shape index (κ1) is 18.7. The lowest BCUT2D eigenvalue weighted by Crippen LogP contribution is -2.37. The summed E-state index contributed by atoms with van der Waals surface area (Å²) in [5, 5.41) is 6.51. The van der Waals surface area contributed by atoms with E-state index in [9.17, 15) is 9.59 Å². The largest absolute Gasteiger partial charge is 0.355 e. The highest BCUT2D eigenvalue weighted by Crippen LogP contribution is 2.16. The van der Waals surface area contributed by atoms with Crippen molar-refractivity contribution in [2.45, 2.75) is 57.5 Å². The molecule has 3 rings (SSSR count). The first-order valence-electron chi connectivity index (χ1n) is 9.81. The second-order valence-electron chi connectivity index (χ2n) is 7.22. The van der Waals surface area contributed by atoms with E-state index in [2.05, 4.69) is 10.6 Å². The molecule has 1 aliphatic rings. The van der Waals surface area contributed by atoms with Crippen molar-refractivity contribution >= 4 is 16.9 Å². The molecular formula is C20H30N4O2. The Kier molecular flexibility index (Phi) is 6.50. The summed E-state index contributed by atoms with van der Waals surface area (Å²) >= 11 is 0. The van der Waals surface area contributed by atoms with Crippen LogP contribution in [0.25, 0.3) is 11.0 Å². The first-order chi connectivity index (χ1) is 12.7. The third-order valence-corrected chi connectivity index (χ3v) is 5.35. The maximum absolute atomic E-state index is 12.3. The van der Waals surface area contributed by atoms with Crippen LogP contribution < -0.4 is 16.3 Å². The molecular weight excluding hydrogens is 328 g/mol. The average Bonchev–Trinajstić information content (AvgIpc) is 2.83. The van der Waals surface area contributed by atoms with Crippen LogP contribution in [0.4, 0.5) is 0 Å². The number of amides is 1. The Morgan fingerprint density at radius 1 is 1.08 bits per heavy atom. The summed E-state index contributed by atoms with van der Waals surface area (Å²) in [6, 6.07) is 8.28. The van der Waals surface area contributed by atoms with E-state index in [1.165, 1.54) is 38.5 Å². The van der Waals surface area contributed by atoms with E-state index < -0.39 is 0 Å². The average molecular weight is 358 g/mol. The second kappa shape index (κ2) is 9.03. The number of benzene rings is 1. The normalized spacial score (nSPS) is 15.9. The Morgan fingerprint density at radius 2 is 1.77 bits per heavy atom. The lowest BCUT2D eigenvalue weighted by Gasteiger charge is -2.16. The van der Waals surface area contributed by atoms with Crippen LogP contribution in [0.3, 0.4) is 0 Å². The molecule has 0 atom stereocenters. The highest BCUT2D eigenvalue weighted by Gasteiger charge is 2.12. The molecule has 6 heteroatoms. The van der Waals surface area contributed by atoms with E-state index in [0.29, 0.717) is 25.6 Å². The smallest absolute Gasteiger partial charge is 0.328 e. The van der Waals surface area contributed by atoms with Gasteiger partial charge in [-0.2, -0.15) is 0 Å². The van der Waals surface area contributed by atoms with Gasteiger partial charge in [-0.25, -0.2) is 4.79 Å². The van der Waals surface area contributed by atoms with Crippen molar-refractivity contribution in [2.24, 2.45) is 7.05 Å². The lowest BCUT2D eigenvalue weighted by molar-refractivity contribution is -0.121. The highest BCUT2D eigenvalue weighted by molar-refractivity contribution is 5.77. The fourth-order valence-electron chi connectivity index (χ4n) is 3.84. The maximum atomic E-state index is 12.3. The van der Waals surface area contributed by atoms with Crippen LogP contribution in [0.15, 0.2) is 29.1 Å². The van der Waals surface area contributed by atoms with Gasteiger partial charge in [0.1, 0.15) is 0 Å². The number of carbonyl (C=O) groups is 1. The summed E-state index contributed by atoms with van der Waals surface area (Å²) in [4.78, 5) is 24.5. The summed E-state index contributed by atoms with van der Waals surface area (Å²) in [5.74, 6) is -0.00694. The molecule has 1 aliphatic carbocycles. The Morgan fingerprint density at radius 3 is 2.50 bits per heavy atom. The number of hydrogen-bond acceptors (Lipinski definition) is 3. The number of fused-ring (bicyclic) bond motifs is 1. The molecule has 0 radical (unpaired) electrons. The Labute approximate surface area is 154 Å². The number of aryl methyl sites for hydroxylation is 2. The van der Waals surface area contributed by atoms with Crippen molar-refractivity contribution in [3.63, 3.8) is 0 Å². The molecule has 1 heterocycles. The monoisotopic (exact) mass is 358 g/mol. The molecule has 1 amide bonds. The fourth-order valence-corrected chi connectivity index (χ4v) is 3.84. The third-order valence-electron chi connectivity index (χ3n) is 5.35. The molecule has 1 aromatic heterocycles. The van der Waals surface area contributed by atoms with Gasteiger partial charge < -0.3 is 10.6 Å². The van der Waals surface area contributed by atoms with Crippen LogP contribution in [0.1, 0.15) is 44.9 Å². The molecule has 2 N–H and O–H groups in total. The van der Waals surface area contributed by atoms with Crippen molar-refractivity contribution in [3.8, 4) is 0 Å². The summed E-state index contributed by atoms with van der Waals surface area (Å²) in [6.45, 7) is 1.85. The van der Waals surface area contributed by atoms with Crippen molar-refractivity contribution in [2.75, 3.05) is 13.1 Å². The van der Waals surface area contributed by atoms with Crippen LogP contribution in [0.2, 0.25) is 0 Å². The molecule has 6 nitrogen and oxygen atoms in total. The van der Waals surface area contributed by atoms with Crippen molar-refractivity contribution in [3.05, 3.63) is 34.7 Å². The number of nitrogens with zero attached hydrogens (tertiary/aromatic N) is 2. The van der Waals surface area contributed by atoms with E-state index in [1.807, 2.05) is 24.3 Å². The van der Waals surface area contributed by atoms with Crippen molar-refractivity contribution in [1.29, 1.82) is 0 Å². The van der Waals surface area contributed by atoms with Gasteiger partial charge in [-0.05, 0) is 25.0 Å². The Hall–Kier alpha value is -2.08. The molecule has 1 saturated carbocycles. The van der Waals surface area contributed by atoms with Crippen LogP contribution in [0.5, 0.6) is 0 Å². The molecule has 0 aliphatic heterocycles. The zero-order valence-electron chi connectivity index (χ0n) is 15.7. The van der Waals surface area contributed by atoms with Crippen molar-refractivity contribution in [1.82, 2.24) is 19.8 Å². The van der Waals surface area contributed by atoms with Crippen LogP contribution >= 0.6 is 0 Å². The molecule has 142 valence electrons. The van der Waals surface area contributed by atoms with Crippen LogP contribution in [-0.4, -0.2) is 34.2 Å². The second-order valence-corrected chi connectivity index (χ2v) is 7.22. The Bertz CT molecular complexity index is 785. The SMILES string of the molecule is Cn1c(=O)n(CCC(=O)NCCNC2CCCCCC2)c2ccccc21. The molecule has 1 fully saturated rings. The minimum Gasteiger partial charge on any atom is -0.355 e. The van der Waals surface area contributed by atoms with Gasteiger partial charge in [-0.15, -0.1) is 0 Å². The molecule has 2 aromatic rings. The minimum absolute atomic E-state index is 0.00694. The summed E-state index contributed by atoms with van der Waals surface area (Å²) in [5.41, 5.74) is 1.70. The summed E-state index contributed by atoms with van der Waals surface area (Å²) in [7, 11) is 1.76. The highest BCUT2D eigenvalue weighted by atomic mass is 16.2. The van der Waals surface area contributed by atoms with E-state index >= 15 is 0 Å². The summed E-state index contributed by atoms with van der Waals surface area (Å²) < 4.78 is 3.31. The zero-order chi connectivity index (χ0) is 18.4. The molecule has 0 spiro atoms. The van der Waals surface area contributed by atoms with E-state index in [0.717, 1.165) is 17.6 Å². The summed E-state index contributed by atoms with van der Waals surface area (Å²) in [6.07, 6.45) is 8.13. The third kappa shape index (κ3) is 4.55. The van der Waals surface area contributed by atoms with Gasteiger partial charge in [0, 0.05) is 39.1 Å². The lowest BCUT2D eigenvalue weighted by atomic mass is 10.1. The predicted octanol–water partition coefficient (Wildman–Crippen LogP) is 2.16. The molecule has 0 bridgehead atoms. The number of hydrogen-bond donors (Lipinski definition) is 2.